The summed E-state index contributed by atoms with van der Waals surface area (Å²) in [5.41, 5.74) is 1.87. The Balaban J connectivity index is 0.00000324. The molecule has 0 N–H and O–H groups in total. The van der Waals surface area contributed by atoms with Gasteiger partial charge in [0.1, 0.15) is 9.84 Å². The van der Waals surface area contributed by atoms with Crippen molar-refractivity contribution >= 4 is 33.9 Å². The van der Waals surface area contributed by atoms with Gasteiger partial charge in [-0.1, -0.05) is 12.2 Å². The van der Waals surface area contributed by atoms with E-state index in [2.05, 4.69) is 17.1 Å². The van der Waals surface area contributed by atoms with Crippen LogP contribution >= 0.6 is 12.4 Å². The zero-order valence-electron chi connectivity index (χ0n) is 20.0. The van der Waals surface area contributed by atoms with Crippen LogP contribution in [-0.2, 0) is 14.6 Å². The van der Waals surface area contributed by atoms with Gasteiger partial charge in [-0.25, -0.2) is 13.4 Å². The number of allylic oxidation sites excluding steroid dienone is 2. The van der Waals surface area contributed by atoms with Crippen LogP contribution in [0.15, 0.2) is 35.5 Å². The summed E-state index contributed by atoms with van der Waals surface area (Å²) in [4.78, 5) is 15.6. The molecule has 2 aliphatic heterocycles. The molecule has 8 nitrogen and oxygen atoms in total. The number of fused-ring (bicyclic) bond motifs is 1. The molecule has 2 heterocycles. The summed E-state index contributed by atoms with van der Waals surface area (Å²) in [6.45, 7) is 2.06. The van der Waals surface area contributed by atoms with Crippen molar-refractivity contribution in [2.24, 2.45) is 16.9 Å². The van der Waals surface area contributed by atoms with E-state index in [0.717, 1.165) is 50.0 Å². The van der Waals surface area contributed by atoms with Gasteiger partial charge in [-0.2, -0.15) is 5.10 Å². The van der Waals surface area contributed by atoms with Crippen LogP contribution in [0.1, 0.15) is 31.2 Å². The Labute approximate surface area is 208 Å². The molecule has 1 amide bonds. The number of rotatable bonds is 7. The van der Waals surface area contributed by atoms with Crippen LogP contribution < -0.4 is 9.47 Å². The zero-order valence-corrected chi connectivity index (χ0v) is 21.6. The smallest absolute Gasteiger partial charge is 0.247 e. The van der Waals surface area contributed by atoms with E-state index in [1.54, 1.807) is 19.2 Å². The number of piperidine rings is 1. The van der Waals surface area contributed by atoms with E-state index in [9.17, 15) is 13.2 Å². The Morgan fingerprint density at radius 3 is 2.29 bits per heavy atom. The van der Waals surface area contributed by atoms with E-state index in [0.29, 0.717) is 18.0 Å². The molecule has 10 heteroatoms. The number of nitrogens with zero attached hydrogens (tertiary/aromatic N) is 3. The molecule has 0 saturated carbocycles. The average Bonchev–Trinajstić information content (AvgIpc) is 2.83. The van der Waals surface area contributed by atoms with Crippen LogP contribution in [0, 0.1) is 11.8 Å². The second-order valence-electron chi connectivity index (χ2n) is 9.10. The number of likely N-dealkylation sites (tertiary alicyclic amines) is 1. The lowest BCUT2D eigenvalue weighted by atomic mass is 9.76. The van der Waals surface area contributed by atoms with Crippen LogP contribution in [0.25, 0.3) is 0 Å². The van der Waals surface area contributed by atoms with Crippen molar-refractivity contribution in [1.82, 2.24) is 9.91 Å². The standard InChI is InChI=1S/C24H33N3O5S.ClH/c1-31-21-9-8-17(16-22(21)32-2)23-19-6-4-5-7-20(19)24(28)27(25-23)18-10-12-26(13-11-18)14-15-33(3,29)30;/h4-5,8-9,16,18-20H,6-7,10-15H2,1-3H3;1H/t19-,20+;/m0./s1. The van der Waals surface area contributed by atoms with Crippen LogP contribution in [0.5, 0.6) is 11.5 Å². The van der Waals surface area contributed by atoms with Crippen LogP contribution in [0.3, 0.4) is 0 Å². The minimum atomic E-state index is -2.98. The summed E-state index contributed by atoms with van der Waals surface area (Å²) >= 11 is 0. The molecular weight excluding hydrogens is 478 g/mol. The van der Waals surface area contributed by atoms with Gasteiger partial charge in [0.05, 0.1) is 37.6 Å². The molecule has 2 atom stereocenters. The summed E-state index contributed by atoms with van der Waals surface area (Å²) in [5.74, 6) is 1.50. The van der Waals surface area contributed by atoms with Crippen molar-refractivity contribution in [2.75, 3.05) is 45.9 Å². The molecule has 1 aliphatic carbocycles. The second kappa shape index (κ2) is 11.1. The number of amides is 1. The number of methoxy groups -OCH3 is 2. The highest BCUT2D eigenvalue weighted by molar-refractivity contribution is 7.90. The first kappa shape index (κ1) is 26.5. The molecule has 1 aromatic rings. The normalized spacial score (nSPS) is 23.7. The maximum atomic E-state index is 13.4. The Hall–Kier alpha value is -2.10. The van der Waals surface area contributed by atoms with Crippen molar-refractivity contribution in [3.8, 4) is 11.5 Å². The van der Waals surface area contributed by atoms with Crippen LogP contribution in [0.2, 0.25) is 0 Å². The van der Waals surface area contributed by atoms with E-state index in [-0.39, 0.29) is 41.9 Å². The maximum Gasteiger partial charge on any atom is 0.247 e. The van der Waals surface area contributed by atoms with Gasteiger partial charge in [0.25, 0.3) is 0 Å². The fraction of sp³-hybridized carbons (Fsp3) is 0.583. The van der Waals surface area contributed by atoms with Crippen molar-refractivity contribution in [2.45, 2.75) is 31.7 Å². The van der Waals surface area contributed by atoms with Gasteiger partial charge >= 0.3 is 0 Å². The van der Waals surface area contributed by atoms with Crippen molar-refractivity contribution in [3.05, 3.63) is 35.9 Å². The molecule has 3 aliphatic rings. The van der Waals surface area contributed by atoms with E-state index in [4.69, 9.17) is 14.6 Å². The Kier molecular flexibility index (Phi) is 8.65. The number of hydrazone groups is 1. The second-order valence-corrected chi connectivity index (χ2v) is 11.4. The van der Waals surface area contributed by atoms with E-state index in [1.165, 1.54) is 6.26 Å². The molecule has 0 unspecified atom stereocenters. The number of carbonyl (C=O) groups excluding carboxylic acids is 1. The molecule has 188 valence electrons. The minimum Gasteiger partial charge on any atom is -0.493 e. The maximum absolute atomic E-state index is 13.4. The highest BCUT2D eigenvalue weighted by Gasteiger charge is 2.42. The summed E-state index contributed by atoms with van der Waals surface area (Å²) in [7, 11) is 0.244. The monoisotopic (exact) mass is 511 g/mol. The number of hydrogen-bond acceptors (Lipinski definition) is 7. The molecule has 0 aromatic heterocycles. The first-order chi connectivity index (χ1) is 15.8. The average molecular weight is 512 g/mol. The van der Waals surface area contributed by atoms with Gasteiger partial charge < -0.3 is 14.4 Å². The molecule has 1 aromatic carbocycles. The van der Waals surface area contributed by atoms with Gasteiger partial charge in [0.15, 0.2) is 11.5 Å². The highest BCUT2D eigenvalue weighted by atomic mass is 35.5. The molecular formula is C24H34ClN3O5S. The predicted molar refractivity (Wildman–Crippen MR) is 135 cm³/mol. The van der Waals surface area contributed by atoms with E-state index in [1.807, 2.05) is 18.2 Å². The Morgan fingerprint density at radius 1 is 1.03 bits per heavy atom. The molecule has 1 fully saturated rings. The molecule has 4 rings (SSSR count). The van der Waals surface area contributed by atoms with Crippen LogP contribution in [0.4, 0.5) is 0 Å². The molecule has 0 radical (unpaired) electrons. The number of benzene rings is 1. The highest BCUT2D eigenvalue weighted by Crippen LogP contribution is 2.38. The van der Waals surface area contributed by atoms with E-state index < -0.39 is 9.84 Å². The van der Waals surface area contributed by atoms with Gasteiger partial charge in [0, 0.05) is 37.4 Å². The van der Waals surface area contributed by atoms with Gasteiger partial charge in [0.2, 0.25) is 5.91 Å². The number of hydrogen-bond donors (Lipinski definition) is 0. The largest absolute Gasteiger partial charge is 0.493 e. The lowest BCUT2D eigenvalue weighted by Crippen LogP contribution is -2.52. The van der Waals surface area contributed by atoms with Crippen molar-refractivity contribution in [1.29, 1.82) is 0 Å². The summed E-state index contributed by atoms with van der Waals surface area (Å²) in [5, 5.41) is 6.66. The summed E-state index contributed by atoms with van der Waals surface area (Å²) in [6, 6.07) is 5.83. The Bertz CT molecular complexity index is 1050. The molecule has 1 saturated heterocycles. The third-order valence-electron chi connectivity index (χ3n) is 6.90. The SMILES string of the molecule is COc1ccc(C2=NN(C3CCN(CCS(C)(=O)=O)CC3)C(=O)[C@@H]3CC=CC[C@H]23)cc1OC.Cl. The fourth-order valence-electron chi connectivity index (χ4n) is 5.01. The summed E-state index contributed by atoms with van der Waals surface area (Å²) in [6.07, 6.45) is 8.59. The Morgan fingerprint density at radius 2 is 1.68 bits per heavy atom. The number of ether oxygens (including phenoxy) is 2. The molecule has 0 spiro atoms. The van der Waals surface area contributed by atoms with E-state index >= 15 is 0 Å². The zero-order chi connectivity index (χ0) is 23.6. The molecule has 34 heavy (non-hydrogen) atoms. The minimum absolute atomic E-state index is 0. The lowest BCUT2D eigenvalue weighted by Gasteiger charge is -2.42. The van der Waals surface area contributed by atoms with Crippen molar-refractivity contribution in [3.63, 3.8) is 0 Å². The van der Waals surface area contributed by atoms with Crippen molar-refractivity contribution < 1.29 is 22.7 Å². The number of carbonyl (C=O) groups is 1. The van der Waals surface area contributed by atoms with Gasteiger partial charge in [-0.15, -0.1) is 12.4 Å². The third kappa shape index (κ3) is 5.75. The topological polar surface area (TPSA) is 88.5 Å². The predicted octanol–water partition coefficient (Wildman–Crippen LogP) is 2.76. The number of halogens is 1. The van der Waals surface area contributed by atoms with Gasteiger partial charge in [-0.05, 0) is 43.9 Å². The van der Waals surface area contributed by atoms with Gasteiger partial charge in [-0.3, -0.25) is 4.79 Å². The quantitative estimate of drug-likeness (QED) is 0.523. The summed E-state index contributed by atoms with van der Waals surface area (Å²) < 4.78 is 33.9. The third-order valence-corrected chi connectivity index (χ3v) is 7.83. The first-order valence-corrected chi connectivity index (χ1v) is 13.6. The fourth-order valence-corrected chi connectivity index (χ4v) is 5.60. The first-order valence-electron chi connectivity index (χ1n) is 11.5. The lowest BCUT2D eigenvalue weighted by molar-refractivity contribution is -0.141. The van der Waals surface area contributed by atoms with Crippen LogP contribution in [-0.4, -0.2) is 81.8 Å². The number of sulfone groups is 1. The molecule has 0 bridgehead atoms.